The molecule has 0 bridgehead atoms. The van der Waals surface area contributed by atoms with Crippen molar-refractivity contribution in [2.45, 2.75) is 72.1 Å². The molecule has 6 nitrogen and oxygen atoms in total. The number of aryl methyl sites for hydroxylation is 1. The predicted octanol–water partition coefficient (Wildman–Crippen LogP) is 6.39. The van der Waals surface area contributed by atoms with Crippen molar-refractivity contribution in [3.8, 4) is 11.4 Å². The lowest BCUT2D eigenvalue weighted by Gasteiger charge is -2.39. The molecule has 1 heterocycles. The van der Waals surface area contributed by atoms with Crippen LogP contribution in [0.3, 0.4) is 0 Å². The van der Waals surface area contributed by atoms with Crippen LogP contribution in [0.1, 0.15) is 18.1 Å². The first-order chi connectivity index (χ1) is 15.2. The van der Waals surface area contributed by atoms with Crippen LogP contribution in [0.4, 0.5) is 0 Å². The molecule has 1 unspecified atom stereocenters. The van der Waals surface area contributed by atoms with Crippen LogP contribution in [0.15, 0.2) is 36.4 Å². The molecule has 0 aliphatic rings. The number of phenolic OH excluding ortho intramolecular Hbond substituents is 1. The van der Waals surface area contributed by atoms with Gasteiger partial charge in [0.05, 0.1) is 5.52 Å². The van der Waals surface area contributed by atoms with Gasteiger partial charge in [-0.2, -0.15) is 0 Å². The van der Waals surface area contributed by atoms with Crippen molar-refractivity contribution in [3.63, 3.8) is 0 Å². The Morgan fingerprint density at radius 3 is 2.18 bits per heavy atom. The van der Waals surface area contributed by atoms with Crippen LogP contribution in [0.25, 0.3) is 16.7 Å². The van der Waals surface area contributed by atoms with Crippen LogP contribution in [0, 0.1) is 12.8 Å². The van der Waals surface area contributed by atoms with E-state index in [0.29, 0.717) is 11.6 Å². The van der Waals surface area contributed by atoms with Gasteiger partial charge < -0.3 is 13.3 Å². The highest BCUT2D eigenvalue weighted by molar-refractivity contribution is 6.87. The maximum absolute atomic E-state index is 11.2. The summed E-state index contributed by atoms with van der Waals surface area (Å²) in [5, 5.41) is 19.8. The molecule has 0 saturated heterocycles. The highest BCUT2D eigenvalue weighted by Gasteiger charge is 2.41. The van der Waals surface area contributed by atoms with Crippen LogP contribution < -0.4 is 0 Å². The number of rotatable bonds is 9. The number of aromatic hydroxyl groups is 1. The third kappa shape index (κ3) is 6.86. The van der Waals surface area contributed by atoms with Gasteiger partial charge in [0.2, 0.25) is 0 Å². The van der Waals surface area contributed by atoms with Crippen LogP contribution in [0.5, 0.6) is 5.75 Å². The normalized spacial score (nSPS) is 14.1. The van der Waals surface area contributed by atoms with Crippen molar-refractivity contribution >= 4 is 36.2 Å². The summed E-state index contributed by atoms with van der Waals surface area (Å²) < 4.78 is 15.1. The summed E-state index contributed by atoms with van der Waals surface area (Å²) in [5.74, 6) is 0.575. The quantitative estimate of drug-likeness (QED) is 0.344. The lowest BCUT2D eigenvalue weighted by Crippen LogP contribution is -2.53. The van der Waals surface area contributed by atoms with Gasteiger partial charge >= 0.3 is 8.56 Å². The third-order valence-electron chi connectivity index (χ3n) is 5.22. The summed E-state index contributed by atoms with van der Waals surface area (Å²) in [5.41, 5.74) is 4.37. The molecule has 1 aromatic heterocycles. The maximum Gasteiger partial charge on any atom is 0.314 e. The molecule has 0 fully saturated rings. The van der Waals surface area contributed by atoms with Crippen molar-refractivity contribution in [1.29, 1.82) is 0 Å². The standard InChI is InChI=1S/C24H39N3O3Si3/c1-18-14-20(15-19(2)17-33(9,29-31(3,4)5)30-32(6,7)8)24(28)23(16-18)27-22-13-11-10-12-21(22)25-26-27/h10-14,16,19,28H,15,17H2,1-9H3. The van der Waals surface area contributed by atoms with Gasteiger partial charge in [-0.3, -0.25) is 0 Å². The van der Waals surface area contributed by atoms with Gasteiger partial charge in [0, 0.05) is 0 Å². The molecule has 2 aromatic carbocycles. The monoisotopic (exact) mass is 501 g/mol. The Morgan fingerprint density at radius 2 is 1.58 bits per heavy atom. The number of fused-ring (bicyclic) bond motifs is 1. The van der Waals surface area contributed by atoms with E-state index in [2.05, 4.69) is 76.1 Å². The van der Waals surface area contributed by atoms with E-state index >= 15 is 0 Å². The molecular weight excluding hydrogens is 463 g/mol. The lowest BCUT2D eigenvalue weighted by molar-refractivity contribution is 0.368. The van der Waals surface area contributed by atoms with Gasteiger partial charge in [-0.15, -0.1) is 5.10 Å². The number of aromatic nitrogens is 3. The summed E-state index contributed by atoms with van der Waals surface area (Å²) in [6.07, 6.45) is 0.750. The number of hydrogen-bond donors (Lipinski definition) is 1. The Morgan fingerprint density at radius 1 is 0.970 bits per heavy atom. The number of hydrogen-bond acceptors (Lipinski definition) is 5. The summed E-state index contributed by atoms with van der Waals surface area (Å²) in [6.45, 7) is 19.9. The fourth-order valence-electron chi connectivity index (χ4n) is 4.68. The van der Waals surface area contributed by atoms with Gasteiger partial charge in [0.15, 0.2) is 16.6 Å². The Hall–Kier alpha value is -1.79. The molecule has 33 heavy (non-hydrogen) atoms. The second-order valence-electron chi connectivity index (χ2n) is 11.4. The first kappa shape index (κ1) is 25.8. The van der Waals surface area contributed by atoms with Crippen LogP contribution in [-0.2, 0) is 14.7 Å². The van der Waals surface area contributed by atoms with Crippen LogP contribution in [0.2, 0.25) is 51.9 Å². The van der Waals surface area contributed by atoms with Crippen molar-refractivity contribution < 1.29 is 13.3 Å². The molecule has 0 saturated carbocycles. The zero-order valence-electron chi connectivity index (χ0n) is 21.6. The van der Waals surface area contributed by atoms with Gasteiger partial charge in [0.25, 0.3) is 0 Å². The van der Waals surface area contributed by atoms with Crippen molar-refractivity contribution in [3.05, 3.63) is 47.5 Å². The van der Waals surface area contributed by atoms with E-state index in [0.717, 1.165) is 34.6 Å². The summed E-state index contributed by atoms with van der Waals surface area (Å²) in [6, 6.07) is 12.7. The van der Waals surface area contributed by atoms with E-state index < -0.39 is 25.2 Å². The molecule has 0 radical (unpaired) electrons. The SMILES string of the molecule is Cc1cc(CC(C)C[Si](C)(O[Si](C)(C)C)O[Si](C)(C)C)c(O)c(-n2nnc3ccccc32)c1. The highest BCUT2D eigenvalue weighted by Crippen LogP contribution is 2.34. The Labute approximate surface area is 201 Å². The molecule has 9 heteroatoms. The van der Waals surface area contributed by atoms with E-state index in [-0.39, 0.29) is 5.75 Å². The summed E-state index contributed by atoms with van der Waals surface area (Å²) >= 11 is 0. The number of nitrogens with zero attached hydrogens (tertiary/aromatic N) is 3. The van der Waals surface area contributed by atoms with Crippen LogP contribution >= 0.6 is 0 Å². The maximum atomic E-state index is 11.2. The molecule has 0 spiro atoms. The summed E-state index contributed by atoms with van der Waals surface area (Å²) in [4.78, 5) is 0. The Balaban J connectivity index is 1.89. The fourth-order valence-corrected chi connectivity index (χ4v) is 17.7. The Bertz CT molecular complexity index is 1100. The molecule has 3 rings (SSSR count). The zero-order chi connectivity index (χ0) is 24.6. The van der Waals surface area contributed by atoms with Crippen molar-refractivity contribution in [2.75, 3.05) is 0 Å². The highest BCUT2D eigenvalue weighted by atomic mass is 28.5. The molecule has 180 valence electrons. The van der Waals surface area contributed by atoms with E-state index in [9.17, 15) is 5.11 Å². The smallest absolute Gasteiger partial charge is 0.314 e. The second-order valence-corrected chi connectivity index (χ2v) is 24.1. The van der Waals surface area contributed by atoms with Crippen LogP contribution in [-0.4, -0.2) is 45.3 Å². The molecule has 1 atom stereocenters. The number of phenols is 1. The van der Waals surface area contributed by atoms with Gasteiger partial charge in [-0.05, 0) is 100 Å². The minimum Gasteiger partial charge on any atom is -0.505 e. The predicted molar refractivity (Wildman–Crippen MR) is 143 cm³/mol. The van der Waals surface area contributed by atoms with Gasteiger partial charge in [-0.1, -0.05) is 30.3 Å². The summed E-state index contributed by atoms with van der Waals surface area (Å²) in [7, 11) is -5.86. The van der Waals surface area contributed by atoms with E-state index in [1.165, 1.54) is 0 Å². The van der Waals surface area contributed by atoms with Crippen molar-refractivity contribution in [1.82, 2.24) is 15.0 Å². The number of benzene rings is 2. The molecule has 0 aliphatic carbocycles. The number of para-hydroxylation sites is 1. The average molecular weight is 502 g/mol. The first-order valence-electron chi connectivity index (χ1n) is 11.7. The molecule has 1 N–H and O–H groups in total. The third-order valence-corrected chi connectivity index (χ3v) is 15.0. The Kier molecular flexibility index (Phi) is 7.40. The molecule has 0 amide bonds. The fraction of sp³-hybridized carbons (Fsp3) is 0.500. The molecule has 0 aliphatic heterocycles. The van der Waals surface area contributed by atoms with E-state index in [1.54, 1.807) is 4.68 Å². The largest absolute Gasteiger partial charge is 0.505 e. The molecular formula is C24H39N3O3Si3. The van der Waals surface area contributed by atoms with E-state index in [1.807, 2.05) is 30.3 Å². The first-order valence-corrected chi connectivity index (χ1v) is 21.0. The minimum atomic E-state index is -2.36. The van der Waals surface area contributed by atoms with Crippen molar-refractivity contribution in [2.24, 2.45) is 5.92 Å². The van der Waals surface area contributed by atoms with Gasteiger partial charge in [-0.25, -0.2) is 4.68 Å². The average Bonchev–Trinajstić information content (AvgIpc) is 3.04. The lowest BCUT2D eigenvalue weighted by atomic mass is 9.99. The molecule has 3 aromatic rings. The minimum absolute atomic E-state index is 0.267. The second kappa shape index (κ2) is 9.46. The zero-order valence-corrected chi connectivity index (χ0v) is 24.6. The van der Waals surface area contributed by atoms with Gasteiger partial charge in [0.1, 0.15) is 17.0 Å². The van der Waals surface area contributed by atoms with E-state index in [4.69, 9.17) is 8.23 Å². The topological polar surface area (TPSA) is 69.4 Å².